The largest absolute Gasteiger partial charge is 0.507 e. The van der Waals surface area contributed by atoms with Crippen LogP contribution in [0.2, 0.25) is 0 Å². The molecule has 3 rings (SSSR count). The molecule has 0 bridgehead atoms. The standard InChI is InChI=1S/C22H24N2O5/c1-15(25)29-20-10-5-4-7-17(20)14-28-22(27)24-13-16(11-12-23(2)3)21-18(24)8-6-9-19(21)26/h4-10,13,26H,11-12,14H2,1-3H3. The third kappa shape index (κ3) is 4.75. The number of likely N-dealkylation sites (N-methyl/N-ethyl adjacent to an activating group) is 1. The van der Waals surface area contributed by atoms with Crippen LogP contribution in [-0.4, -0.2) is 47.3 Å². The first-order valence-electron chi connectivity index (χ1n) is 9.27. The van der Waals surface area contributed by atoms with E-state index in [1.165, 1.54) is 11.5 Å². The molecule has 0 saturated carbocycles. The lowest BCUT2D eigenvalue weighted by Crippen LogP contribution is -2.15. The molecule has 7 heteroatoms. The second kappa shape index (κ2) is 8.79. The monoisotopic (exact) mass is 396 g/mol. The van der Waals surface area contributed by atoms with E-state index >= 15 is 0 Å². The molecule has 0 aliphatic carbocycles. The van der Waals surface area contributed by atoms with E-state index in [2.05, 4.69) is 0 Å². The number of phenolic OH excluding ortho intramolecular Hbond substituents is 1. The van der Waals surface area contributed by atoms with Gasteiger partial charge in [0.1, 0.15) is 18.1 Å². The maximum Gasteiger partial charge on any atom is 0.418 e. The van der Waals surface area contributed by atoms with E-state index in [1.807, 2.05) is 19.0 Å². The summed E-state index contributed by atoms with van der Waals surface area (Å²) in [5.74, 6) is 0.0404. The summed E-state index contributed by atoms with van der Waals surface area (Å²) in [6.45, 7) is 2.04. The van der Waals surface area contributed by atoms with Gasteiger partial charge in [0.15, 0.2) is 0 Å². The van der Waals surface area contributed by atoms with Crippen molar-refractivity contribution in [2.45, 2.75) is 20.0 Å². The summed E-state index contributed by atoms with van der Waals surface area (Å²) in [6, 6.07) is 11.9. The SMILES string of the molecule is CC(=O)Oc1ccccc1COC(=O)n1cc(CCN(C)C)c2c(O)cccc21. The highest BCUT2D eigenvalue weighted by molar-refractivity contribution is 5.95. The minimum absolute atomic E-state index is 0.0478. The van der Waals surface area contributed by atoms with Crippen LogP contribution in [0.5, 0.6) is 11.5 Å². The smallest absolute Gasteiger partial charge is 0.418 e. The second-order valence-corrected chi connectivity index (χ2v) is 7.00. The molecule has 0 unspecified atom stereocenters. The molecule has 0 saturated heterocycles. The van der Waals surface area contributed by atoms with Crippen LogP contribution >= 0.6 is 0 Å². The number of carbonyl (C=O) groups is 2. The van der Waals surface area contributed by atoms with E-state index in [-0.39, 0.29) is 12.4 Å². The number of fused-ring (bicyclic) bond motifs is 1. The molecule has 0 spiro atoms. The summed E-state index contributed by atoms with van der Waals surface area (Å²) in [7, 11) is 3.93. The Balaban J connectivity index is 1.85. The van der Waals surface area contributed by atoms with Crippen molar-refractivity contribution < 1.29 is 24.2 Å². The Bertz CT molecular complexity index is 1040. The molecule has 3 aromatic rings. The van der Waals surface area contributed by atoms with E-state index in [1.54, 1.807) is 48.7 Å². The van der Waals surface area contributed by atoms with Gasteiger partial charge >= 0.3 is 12.1 Å². The zero-order chi connectivity index (χ0) is 21.0. The summed E-state index contributed by atoms with van der Waals surface area (Å²) < 4.78 is 12.0. The van der Waals surface area contributed by atoms with Crippen LogP contribution in [0, 0.1) is 0 Å². The molecule has 0 aliphatic heterocycles. The van der Waals surface area contributed by atoms with Crippen LogP contribution in [0.4, 0.5) is 4.79 Å². The fourth-order valence-electron chi connectivity index (χ4n) is 3.12. The van der Waals surface area contributed by atoms with Gasteiger partial charge in [-0.15, -0.1) is 0 Å². The highest BCUT2D eigenvalue weighted by atomic mass is 16.6. The molecule has 152 valence electrons. The highest BCUT2D eigenvalue weighted by Gasteiger charge is 2.18. The molecule has 1 heterocycles. The van der Waals surface area contributed by atoms with Crippen molar-refractivity contribution in [3.05, 3.63) is 59.8 Å². The highest BCUT2D eigenvalue weighted by Crippen LogP contribution is 2.30. The van der Waals surface area contributed by atoms with Gasteiger partial charge in [-0.3, -0.25) is 9.36 Å². The summed E-state index contributed by atoms with van der Waals surface area (Å²) in [4.78, 5) is 26.1. The van der Waals surface area contributed by atoms with Crippen LogP contribution in [0.3, 0.4) is 0 Å². The number of ether oxygens (including phenoxy) is 2. The Kier molecular flexibility index (Phi) is 6.19. The maximum absolute atomic E-state index is 12.8. The first-order chi connectivity index (χ1) is 13.9. The number of carbonyl (C=O) groups excluding carboxylic acids is 2. The Morgan fingerprint density at radius 1 is 1.07 bits per heavy atom. The second-order valence-electron chi connectivity index (χ2n) is 7.00. The minimum atomic E-state index is -0.575. The summed E-state index contributed by atoms with van der Waals surface area (Å²) >= 11 is 0. The number of esters is 1. The topological polar surface area (TPSA) is 81.0 Å². The van der Waals surface area contributed by atoms with E-state index in [9.17, 15) is 14.7 Å². The van der Waals surface area contributed by atoms with E-state index < -0.39 is 12.1 Å². The number of hydrogen-bond acceptors (Lipinski definition) is 6. The van der Waals surface area contributed by atoms with Gasteiger partial charge < -0.3 is 19.5 Å². The molecular formula is C22H24N2O5. The molecule has 1 N–H and O–H groups in total. The molecule has 0 amide bonds. The third-order valence-corrected chi connectivity index (χ3v) is 4.49. The van der Waals surface area contributed by atoms with Crippen LogP contribution in [0.1, 0.15) is 18.1 Å². The average molecular weight is 396 g/mol. The Morgan fingerprint density at radius 3 is 2.55 bits per heavy atom. The van der Waals surface area contributed by atoms with E-state index in [4.69, 9.17) is 9.47 Å². The van der Waals surface area contributed by atoms with Crippen molar-refractivity contribution >= 4 is 23.0 Å². The first kappa shape index (κ1) is 20.4. The normalized spacial score (nSPS) is 11.0. The molecular weight excluding hydrogens is 372 g/mol. The van der Waals surface area contributed by atoms with Crippen molar-refractivity contribution in [2.75, 3.05) is 20.6 Å². The Hall–Kier alpha value is -3.32. The molecule has 29 heavy (non-hydrogen) atoms. The molecule has 0 atom stereocenters. The summed E-state index contributed by atoms with van der Waals surface area (Å²) in [6.07, 6.45) is 1.81. The predicted molar refractivity (Wildman–Crippen MR) is 109 cm³/mol. The number of nitrogens with zero attached hydrogens (tertiary/aromatic N) is 2. The van der Waals surface area contributed by atoms with Crippen molar-refractivity contribution in [2.24, 2.45) is 0 Å². The molecule has 0 fully saturated rings. The lowest BCUT2D eigenvalue weighted by molar-refractivity contribution is -0.131. The first-order valence-corrected chi connectivity index (χ1v) is 9.27. The average Bonchev–Trinajstić information content (AvgIpc) is 3.05. The van der Waals surface area contributed by atoms with Gasteiger partial charge in [0.25, 0.3) is 0 Å². The van der Waals surface area contributed by atoms with E-state index in [0.717, 1.165) is 12.1 Å². The van der Waals surface area contributed by atoms with Gasteiger partial charge in [0, 0.05) is 30.6 Å². The van der Waals surface area contributed by atoms with Crippen LogP contribution < -0.4 is 4.74 Å². The van der Waals surface area contributed by atoms with Gasteiger partial charge in [-0.2, -0.15) is 0 Å². The molecule has 2 aromatic carbocycles. The zero-order valence-corrected chi connectivity index (χ0v) is 16.7. The molecule has 1 aromatic heterocycles. The third-order valence-electron chi connectivity index (χ3n) is 4.49. The van der Waals surface area contributed by atoms with Gasteiger partial charge in [-0.25, -0.2) is 4.79 Å². The number of rotatable bonds is 6. The Labute approximate surface area is 169 Å². The summed E-state index contributed by atoms with van der Waals surface area (Å²) in [5.41, 5.74) is 2.03. The van der Waals surface area contributed by atoms with Crippen molar-refractivity contribution in [3.63, 3.8) is 0 Å². The lowest BCUT2D eigenvalue weighted by Gasteiger charge is -2.10. The van der Waals surface area contributed by atoms with Crippen molar-refractivity contribution in [3.8, 4) is 11.5 Å². The number of aromatic nitrogens is 1. The minimum Gasteiger partial charge on any atom is -0.507 e. The van der Waals surface area contributed by atoms with Gasteiger partial charge in [0.2, 0.25) is 0 Å². The van der Waals surface area contributed by atoms with E-state index in [0.29, 0.717) is 28.6 Å². The summed E-state index contributed by atoms with van der Waals surface area (Å²) in [5, 5.41) is 11.0. The number of para-hydroxylation sites is 1. The predicted octanol–water partition coefficient (Wildman–Crippen LogP) is 3.56. The van der Waals surface area contributed by atoms with Gasteiger partial charge in [-0.05, 0) is 44.3 Å². The van der Waals surface area contributed by atoms with Crippen molar-refractivity contribution in [1.29, 1.82) is 0 Å². The van der Waals surface area contributed by atoms with Crippen LogP contribution in [-0.2, 0) is 22.6 Å². The molecule has 0 aliphatic rings. The fraction of sp³-hybridized carbons (Fsp3) is 0.273. The lowest BCUT2D eigenvalue weighted by atomic mass is 10.1. The van der Waals surface area contributed by atoms with Crippen molar-refractivity contribution in [1.82, 2.24) is 9.47 Å². The Morgan fingerprint density at radius 2 is 1.83 bits per heavy atom. The maximum atomic E-state index is 12.8. The van der Waals surface area contributed by atoms with Gasteiger partial charge in [-0.1, -0.05) is 24.3 Å². The zero-order valence-electron chi connectivity index (χ0n) is 16.7. The molecule has 0 radical (unpaired) electrons. The quantitative estimate of drug-likeness (QED) is 0.507. The number of phenols is 1. The molecule has 7 nitrogen and oxygen atoms in total. The fourth-order valence-corrected chi connectivity index (χ4v) is 3.12. The van der Waals surface area contributed by atoms with Crippen LogP contribution in [0.15, 0.2) is 48.7 Å². The number of hydrogen-bond donors (Lipinski definition) is 1. The number of aromatic hydroxyl groups is 1. The van der Waals surface area contributed by atoms with Crippen LogP contribution in [0.25, 0.3) is 10.9 Å². The number of benzene rings is 2. The van der Waals surface area contributed by atoms with Gasteiger partial charge in [0.05, 0.1) is 5.52 Å².